The molecule has 0 aromatic heterocycles. The van der Waals surface area contributed by atoms with Crippen molar-refractivity contribution in [3.63, 3.8) is 0 Å². The number of carbonyl (C=O) groups is 1. The van der Waals surface area contributed by atoms with Gasteiger partial charge in [0.05, 0.1) is 5.41 Å². The summed E-state index contributed by atoms with van der Waals surface area (Å²) < 4.78 is 0. The van der Waals surface area contributed by atoms with Crippen molar-refractivity contribution < 1.29 is 9.90 Å². The molecule has 0 heterocycles. The topological polar surface area (TPSA) is 40.5 Å². The highest BCUT2D eigenvalue weighted by Gasteiger charge is 2.42. The maximum absolute atomic E-state index is 11.9. The van der Waals surface area contributed by atoms with E-state index in [0.717, 1.165) is 25.0 Å². The molecule has 0 bridgehead atoms. The van der Waals surface area contributed by atoms with Gasteiger partial charge in [0, 0.05) is 19.8 Å². The molecule has 1 aliphatic carbocycles. The summed E-state index contributed by atoms with van der Waals surface area (Å²) >= 11 is 0. The first-order valence-electron chi connectivity index (χ1n) is 7.78. The fraction of sp³-hybridized carbons (Fsp3) is 0.706. The van der Waals surface area contributed by atoms with Gasteiger partial charge in [-0.2, -0.15) is 0 Å². The molecule has 0 aliphatic heterocycles. The lowest BCUT2D eigenvalue weighted by Gasteiger charge is -2.36. The van der Waals surface area contributed by atoms with Crippen molar-refractivity contribution in [2.75, 3.05) is 14.1 Å². The number of nitrogens with zero attached hydrogens (tertiary/aromatic N) is 1. The molecule has 1 aliphatic rings. The minimum Gasteiger partial charge on any atom is -0.481 e. The Morgan fingerprint density at radius 3 is 2.50 bits per heavy atom. The molecule has 3 heteroatoms. The fourth-order valence-corrected chi connectivity index (χ4v) is 3.08. The lowest BCUT2D eigenvalue weighted by atomic mass is 9.67. The Kier molecular flexibility index (Phi) is 6.31. The second-order valence-electron chi connectivity index (χ2n) is 6.01. The summed E-state index contributed by atoms with van der Waals surface area (Å²) in [6.07, 6.45) is 12.0. The summed E-state index contributed by atoms with van der Waals surface area (Å²) in [4.78, 5) is 13.9. The predicted molar refractivity (Wildman–Crippen MR) is 83.5 cm³/mol. The summed E-state index contributed by atoms with van der Waals surface area (Å²) in [6.45, 7) is 4.29. The molecule has 0 aromatic carbocycles. The van der Waals surface area contributed by atoms with Gasteiger partial charge in [-0.15, -0.1) is 0 Å². The van der Waals surface area contributed by atoms with E-state index < -0.39 is 11.4 Å². The number of hydrogen-bond acceptors (Lipinski definition) is 2. The van der Waals surface area contributed by atoms with Gasteiger partial charge in [-0.1, -0.05) is 51.7 Å². The van der Waals surface area contributed by atoms with Crippen LogP contribution in [-0.2, 0) is 4.79 Å². The predicted octanol–water partition coefficient (Wildman–Crippen LogP) is 4.07. The van der Waals surface area contributed by atoms with Crippen LogP contribution in [0.25, 0.3) is 0 Å². The van der Waals surface area contributed by atoms with Crippen LogP contribution in [0.4, 0.5) is 0 Å². The van der Waals surface area contributed by atoms with E-state index in [1.54, 1.807) is 0 Å². The van der Waals surface area contributed by atoms with E-state index in [4.69, 9.17) is 0 Å². The molecule has 0 radical (unpaired) electrons. The molecular formula is C17H29NO2. The summed E-state index contributed by atoms with van der Waals surface area (Å²) in [6, 6.07) is 0. The van der Waals surface area contributed by atoms with E-state index >= 15 is 0 Å². The highest BCUT2D eigenvalue weighted by atomic mass is 16.4. The molecule has 1 N–H and O–H groups in total. The molecule has 0 spiro atoms. The number of carboxylic acid groups (broad SMARTS) is 1. The van der Waals surface area contributed by atoms with E-state index in [9.17, 15) is 9.90 Å². The van der Waals surface area contributed by atoms with Gasteiger partial charge in [-0.05, 0) is 24.8 Å². The van der Waals surface area contributed by atoms with Crippen molar-refractivity contribution in [3.8, 4) is 0 Å². The smallest absolute Gasteiger partial charge is 0.314 e. The molecule has 0 aromatic rings. The molecule has 2 unspecified atom stereocenters. The zero-order chi connectivity index (χ0) is 15.2. The second-order valence-corrected chi connectivity index (χ2v) is 6.01. The van der Waals surface area contributed by atoms with E-state index in [1.807, 2.05) is 31.1 Å². The average Bonchev–Trinajstić information content (AvgIpc) is 2.43. The van der Waals surface area contributed by atoms with Crippen LogP contribution < -0.4 is 0 Å². The number of aliphatic carboxylic acids is 1. The monoisotopic (exact) mass is 279 g/mol. The minimum atomic E-state index is -0.706. The van der Waals surface area contributed by atoms with Crippen LogP contribution in [0.3, 0.4) is 0 Å². The molecule has 2 atom stereocenters. The molecule has 3 nitrogen and oxygen atoms in total. The van der Waals surface area contributed by atoms with E-state index in [0.29, 0.717) is 6.42 Å². The Bertz CT molecular complexity index is 384. The quantitative estimate of drug-likeness (QED) is 0.681. The van der Waals surface area contributed by atoms with Crippen LogP contribution in [-0.4, -0.2) is 30.1 Å². The zero-order valence-electron chi connectivity index (χ0n) is 13.4. The Morgan fingerprint density at radius 1 is 1.40 bits per heavy atom. The van der Waals surface area contributed by atoms with Gasteiger partial charge >= 0.3 is 5.97 Å². The lowest BCUT2D eigenvalue weighted by molar-refractivity contribution is -0.149. The maximum Gasteiger partial charge on any atom is 0.314 e. The highest BCUT2D eigenvalue weighted by Crippen LogP contribution is 2.42. The molecule has 0 saturated heterocycles. The number of unbranched alkanes of at least 4 members (excludes halogenated alkanes) is 2. The first kappa shape index (κ1) is 16.8. The summed E-state index contributed by atoms with van der Waals surface area (Å²) in [7, 11) is 3.98. The van der Waals surface area contributed by atoms with Crippen molar-refractivity contribution >= 4 is 5.97 Å². The van der Waals surface area contributed by atoms with E-state index in [1.165, 1.54) is 12.8 Å². The first-order valence-corrected chi connectivity index (χ1v) is 7.78. The van der Waals surface area contributed by atoms with Crippen molar-refractivity contribution in [1.82, 2.24) is 4.90 Å². The first-order chi connectivity index (χ1) is 9.47. The molecule has 0 saturated carbocycles. The van der Waals surface area contributed by atoms with E-state index in [2.05, 4.69) is 19.9 Å². The Morgan fingerprint density at radius 2 is 2.10 bits per heavy atom. The van der Waals surface area contributed by atoms with Crippen molar-refractivity contribution in [2.45, 2.75) is 52.4 Å². The Hall–Kier alpha value is -1.25. The van der Waals surface area contributed by atoms with Gasteiger partial charge in [0.25, 0.3) is 0 Å². The Labute approximate surface area is 123 Å². The van der Waals surface area contributed by atoms with Crippen LogP contribution >= 0.6 is 0 Å². The molecule has 114 valence electrons. The number of allylic oxidation sites excluding steroid dienone is 2. The number of likely N-dealkylation sites (N-methyl/N-ethyl adjacent to an activating group) is 1. The summed E-state index contributed by atoms with van der Waals surface area (Å²) in [5.41, 5.74) is 0.396. The zero-order valence-corrected chi connectivity index (χ0v) is 13.4. The van der Waals surface area contributed by atoms with Crippen LogP contribution in [0.15, 0.2) is 23.9 Å². The average molecular weight is 279 g/mol. The number of rotatable bonds is 8. The van der Waals surface area contributed by atoms with Crippen molar-refractivity contribution in [1.29, 1.82) is 0 Å². The van der Waals surface area contributed by atoms with Crippen molar-refractivity contribution in [3.05, 3.63) is 23.9 Å². The second kappa shape index (κ2) is 7.51. The minimum absolute atomic E-state index is 0.225. The number of carboxylic acids is 1. The third-order valence-electron chi connectivity index (χ3n) is 4.49. The largest absolute Gasteiger partial charge is 0.481 e. The molecule has 1 rings (SSSR count). The van der Waals surface area contributed by atoms with Gasteiger partial charge in [0.1, 0.15) is 0 Å². The van der Waals surface area contributed by atoms with Gasteiger partial charge in [-0.3, -0.25) is 4.79 Å². The van der Waals surface area contributed by atoms with Gasteiger partial charge in [0.2, 0.25) is 0 Å². The molecular weight excluding hydrogens is 250 g/mol. The Balaban J connectivity index is 2.88. The van der Waals surface area contributed by atoms with E-state index in [-0.39, 0.29) is 5.92 Å². The summed E-state index contributed by atoms with van der Waals surface area (Å²) in [5.74, 6) is -0.450. The molecule has 0 amide bonds. The SMILES string of the molecule is CCCCCC(CC)C1(C(=O)O)C=CC(N(C)C)=CC1. The normalized spacial score (nSPS) is 23.3. The standard InChI is InChI=1S/C17H29NO2/c1-5-7-8-9-14(6-2)17(16(19)20)12-10-15(11-13-17)18(3)4/h10-12,14H,5-9,13H2,1-4H3,(H,19,20). The van der Waals surface area contributed by atoms with Crippen LogP contribution in [0.5, 0.6) is 0 Å². The molecule has 0 fully saturated rings. The molecule has 20 heavy (non-hydrogen) atoms. The third-order valence-corrected chi connectivity index (χ3v) is 4.49. The maximum atomic E-state index is 11.9. The van der Waals surface area contributed by atoms with Gasteiger partial charge in [0.15, 0.2) is 0 Å². The third kappa shape index (κ3) is 3.65. The fourth-order valence-electron chi connectivity index (χ4n) is 3.08. The van der Waals surface area contributed by atoms with Crippen LogP contribution in [0.1, 0.15) is 52.4 Å². The lowest BCUT2D eigenvalue weighted by Crippen LogP contribution is -2.38. The van der Waals surface area contributed by atoms with Crippen LogP contribution in [0, 0.1) is 11.3 Å². The van der Waals surface area contributed by atoms with Crippen LogP contribution in [0.2, 0.25) is 0 Å². The number of hydrogen-bond donors (Lipinski definition) is 1. The van der Waals surface area contributed by atoms with Gasteiger partial charge in [-0.25, -0.2) is 0 Å². The summed E-state index contributed by atoms with van der Waals surface area (Å²) in [5, 5.41) is 9.78. The van der Waals surface area contributed by atoms with Gasteiger partial charge < -0.3 is 10.0 Å². The highest BCUT2D eigenvalue weighted by molar-refractivity contribution is 5.78. The van der Waals surface area contributed by atoms with Crippen molar-refractivity contribution in [2.24, 2.45) is 11.3 Å².